The average molecular weight is 459 g/mol. The van der Waals surface area contributed by atoms with Gasteiger partial charge in [-0.3, -0.25) is 24.1 Å². The van der Waals surface area contributed by atoms with Gasteiger partial charge in [0.1, 0.15) is 0 Å². The lowest BCUT2D eigenvalue weighted by Gasteiger charge is -2.27. The third kappa shape index (κ3) is 4.69. The zero-order valence-electron chi connectivity index (χ0n) is 19.2. The van der Waals surface area contributed by atoms with E-state index in [0.717, 1.165) is 16.5 Å². The van der Waals surface area contributed by atoms with Crippen molar-refractivity contribution in [2.45, 2.75) is 26.3 Å². The molecule has 0 aliphatic carbocycles. The minimum atomic E-state index is -0.544. The van der Waals surface area contributed by atoms with E-state index in [9.17, 15) is 19.2 Å². The van der Waals surface area contributed by atoms with Crippen molar-refractivity contribution in [1.29, 1.82) is 0 Å². The van der Waals surface area contributed by atoms with E-state index < -0.39 is 5.97 Å². The molecule has 4 rings (SSSR count). The lowest BCUT2D eigenvalue weighted by atomic mass is 9.94. The first-order valence-corrected chi connectivity index (χ1v) is 11.2. The largest absolute Gasteiger partial charge is 0.456 e. The second-order valence-electron chi connectivity index (χ2n) is 8.41. The van der Waals surface area contributed by atoms with Crippen LogP contribution in [0.1, 0.15) is 44.7 Å². The molecule has 0 N–H and O–H groups in total. The first kappa shape index (κ1) is 23.2. The maximum atomic E-state index is 12.9. The van der Waals surface area contributed by atoms with Crippen LogP contribution in [0.3, 0.4) is 0 Å². The smallest absolute Gasteiger partial charge is 0.306 e. The van der Waals surface area contributed by atoms with Gasteiger partial charge in [0.15, 0.2) is 6.61 Å². The summed E-state index contributed by atoms with van der Waals surface area (Å²) in [5.41, 5.74) is 3.08. The maximum Gasteiger partial charge on any atom is 0.306 e. The molecule has 0 aromatic heterocycles. The molecule has 3 amide bonds. The summed E-state index contributed by atoms with van der Waals surface area (Å²) in [6.07, 6.45) is 0.249. The van der Waals surface area contributed by atoms with E-state index in [2.05, 4.69) is 0 Å². The Balaban J connectivity index is 1.27. The highest BCUT2D eigenvalue weighted by Gasteiger charge is 2.32. The fourth-order valence-corrected chi connectivity index (χ4v) is 4.12. The van der Waals surface area contributed by atoms with E-state index in [0.29, 0.717) is 23.1 Å². The predicted molar refractivity (Wildman–Crippen MR) is 127 cm³/mol. The summed E-state index contributed by atoms with van der Waals surface area (Å²) < 4.78 is 5.12. The van der Waals surface area contributed by atoms with Gasteiger partial charge in [-0.05, 0) is 42.0 Å². The molecule has 7 nitrogen and oxygen atoms in total. The zero-order valence-corrected chi connectivity index (χ0v) is 19.2. The number of rotatable bonds is 8. The van der Waals surface area contributed by atoms with Crippen LogP contribution >= 0.6 is 0 Å². The molecule has 1 heterocycles. The Morgan fingerprint density at radius 1 is 0.912 bits per heavy atom. The maximum absolute atomic E-state index is 12.9. The van der Waals surface area contributed by atoms with Gasteiger partial charge in [0.05, 0.1) is 0 Å². The summed E-state index contributed by atoms with van der Waals surface area (Å²) in [4.78, 5) is 53.0. The van der Waals surface area contributed by atoms with Crippen molar-refractivity contribution < 1.29 is 23.9 Å². The van der Waals surface area contributed by atoms with Crippen LogP contribution in [-0.4, -0.2) is 53.7 Å². The van der Waals surface area contributed by atoms with E-state index in [1.165, 1.54) is 9.80 Å². The van der Waals surface area contributed by atoms with Crippen molar-refractivity contribution in [2.75, 3.05) is 20.2 Å². The molecular weight excluding hydrogens is 432 g/mol. The third-order valence-electron chi connectivity index (χ3n) is 6.07. The molecule has 0 saturated heterocycles. The highest BCUT2D eigenvalue weighted by molar-refractivity contribution is 6.25. The van der Waals surface area contributed by atoms with Crippen LogP contribution < -0.4 is 0 Å². The predicted octanol–water partition coefficient (Wildman–Crippen LogP) is 3.73. The Morgan fingerprint density at radius 2 is 1.56 bits per heavy atom. The number of benzene rings is 3. The fourth-order valence-electron chi connectivity index (χ4n) is 4.12. The van der Waals surface area contributed by atoms with Gasteiger partial charge in [-0.1, -0.05) is 48.5 Å². The molecule has 0 radical (unpaired) electrons. The molecule has 3 aromatic carbocycles. The van der Waals surface area contributed by atoms with Gasteiger partial charge in [-0.25, -0.2) is 0 Å². The number of hydrogen-bond donors (Lipinski definition) is 0. The van der Waals surface area contributed by atoms with E-state index in [4.69, 9.17) is 4.74 Å². The number of hydrogen-bond acceptors (Lipinski definition) is 5. The van der Waals surface area contributed by atoms with Gasteiger partial charge in [0.2, 0.25) is 0 Å². The second kappa shape index (κ2) is 9.87. The molecule has 3 aromatic rings. The van der Waals surface area contributed by atoms with Crippen LogP contribution in [0.2, 0.25) is 0 Å². The fraction of sp³-hybridized carbons (Fsp3) is 0.259. The molecule has 0 unspecified atom stereocenters. The van der Waals surface area contributed by atoms with Crippen molar-refractivity contribution in [3.8, 4) is 0 Å². The average Bonchev–Trinajstić information content (AvgIpc) is 2.84. The Labute approximate surface area is 197 Å². The lowest BCUT2D eigenvalue weighted by Crippen LogP contribution is -2.41. The quantitative estimate of drug-likeness (QED) is 0.379. The zero-order chi connectivity index (χ0) is 24.2. The summed E-state index contributed by atoms with van der Waals surface area (Å²) >= 11 is 0. The van der Waals surface area contributed by atoms with Gasteiger partial charge in [-0.2, -0.15) is 0 Å². The number of ether oxygens (including phenoxy) is 1. The number of amides is 3. The van der Waals surface area contributed by atoms with Crippen molar-refractivity contribution in [1.82, 2.24) is 9.80 Å². The Kier molecular flexibility index (Phi) is 6.72. The number of nitrogens with zero attached hydrogens (tertiary/aromatic N) is 2. The molecule has 1 aliphatic heterocycles. The van der Waals surface area contributed by atoms with Crippen molar-refractivity contribution >= 4 is 34.5 Å². The number of esters is 1. The number of aryl methyl sites for hydroxylation is 1. The Bertz CT molecular complexity index is 1230. The monoisotopic (exact) mass is 458 g/mol. The third-order valence-corrected chi connectivity index (χ3v) is 6.07. The van der Waals surface area contributed by atoms with Gasteiger partial charge < -0.3 is 9.64 Å². The molecule has 0 atom stereocenters. The Morgan fingerprint density at radius 3 is 2.21 bits per heavy atom. The molecule has 0 saturated carbocycles. The van der Waals surface area contributed by atoms with E-state index in [1.807, 2.05) is 43.3 Å². The topological polar surface area (TPSA) is 84.0 Å². The first-order valence-electron chi connectivity index (χ1n) is 11.2. The highest BCUT2D eigenvalue weighted by atomic mass is 16.5. The van der Waals surface area contributed by atoms with Gasteiger partial charge >= 0.3 is 5.97 Å². The summed E-state index contributed by atoms with van der Waals surface area (Å²) in [7, 11) is 1.66. The van der Waals surface area contributed by atoms with Crippen LogP contribution in [0, 0.1) is 6.92 Å². The minimum absolute atomic E-state index is 0.00229. The standard InChI is InChI=1S/C27H26N2O5/c1-18-8-3-4-9-20(18)16-28(2)23(30)17-34-24(31)14-7-15-29-26(32)21-12-5-10-19-11-6-13-22(25(19)21)27(29)33/h3-6,8-13H,7,14-17H2,1-2H3. The van der Waals surface area contributed by atoms with E-state index >= 15 is 0 Å². The van der Waals surface area contributed by atoms with Crippen LogP contribution in [-0.2, 0) is 20.9 Å². The number of imide groups is 1. The van der Waals surface area contributed by atoms with E-state index in [1.54, 1.807) is 31.3 Å². The normalized spacial score (nSPS) is 12.7. The second-order valence-corrected chi connectivity index (χ2v) is 8.41. The number of likely N-dealkylation sites (N-methyl/N-ethyl adjacent to an activating group) is 1. The minimum Gasteiger partial charge on any atom is -0.456 e. The molecule has 7 heteroatoms. The summed E-state index contributed by atoms with van der Waals surface area (Å²) in [5, 5.41) is 1.51. The molecule has 0 spiro atoms. The van der Waals surface area contributed by atoms with Crippen LogP contribution in [0.4, 0.5) is 0 Å². The molecule has 34 heavy (non-hydrogen) atoms. The Hall–Kier alpha value is -4.00. The number of carbonyl (C=O) groups is 4. The molecule has 0 bridgehead atoms. The SMILES string of the molecule is Cc1ccccc1CN(C)C(=O)COC(=O)CCCN1C(=O)c2cccc3cccc(c23)C1=O. The van der Waals surface area contributed by atoms with Crippen LogP contribution in [0.5, 0.6) is 0 Å². The summed E-state index contributed by atoms with van der Waals surface area (Å²) in [6, 6.07) is 18.5. The van der Waals surface area contributed by atoms with Crippen LogP contribution in [0.15, 0.2) is 60.7 Å². The van der Waals surface area contributed by atoms with Gasteiger partial charge in [0, 0.05) is 43.1 Å². The highest BCUT2D eigenvalue weighted by Crippen LogP contribution is 2.30. The van der Waals surface area contributed by atoms with E-state index in [-0.39, 0.29) is 43.7 Å². The molecular formula is C27H26N2O5. The first-order chi connectivity index (χ1) is 16.4. The summed E-state index contributed by atoms with van der Waals surface area (Å²) in [6.45, 7) is 2.15. The molecule has 0 fully saturated rings. The summed E-state index contributed by atoms with van der Waals surface area (Å²) in [5.74, 6) is -1.58. The molecule has 174 valence electrons. The molecule has 1 aliphatic rings. The number of carbonyl (C=O) groups excluding carboxylic acids is 4. The lowest BCUT2D eigenvalue weighted by molar-refractivity contribution is -0.151. The van der Waals surface area contributed by atoms with Crippen LogP contribution in [0.25, 0.3) is 10.8 Å². The van der Waals surface area contributed by atoms with Crippen molar-refractivity contribution in [3.63, 3.8) is 0 Å². The van der Waals surface area contributed by atoms with Crippen molar-refractivity contribution in [2.24, 2.45) is 0 Å². The van der Waals surface area contributed by atoms with Gasteiger partial charge in [0.25, 0.3) is 17.7 Å². The van der Waals surface area contributed by atoms with Crippen molar-refractivity contribution in [3.05, 3.63) is 82.9 Å². The van der Waals surface area contributed by atoms with Gasteiger partial charge in [-0.15, -0.1) is 0 Å².